The van der Waals surface area contributed by atoms with Crippen molar-refractivity contribution in [3.8, 4) is 6.07 Å². The molecule has 8 heteroatoms. The molecule has 1 amide bonds. The van der Waals surface area contributed by atoms with Gasteiger partial charge in [0, 0.05) is 23.8 Å². The first-order chi connectivity index (χ1) is 13.6. The van der Waals surface area contributed by atoms with Crippen molar-refractivity contribution in [1.29, 1.82) is 5.26 Å². The molecule has 0 unspecified atom stereocenters. The molecule has 0 aliphatic carbocycles. The van der Waals surface area contributed by atoms with Gasteiger partial charge in [0.15, 0.2) is 0 Å². The second kappa shape index (κ2) is 8.42. The fourth-order valence-corrected chi connectivity index (χ4v) is 2.32. The van der Waals surface area contributed by atoms with Crippen molar-refractivity contribution in [2.75, 3.05) is 17.7 Å². The number of anilines is 3. The molecule has 2 N–H and O–H groups in total. The van der Waals surface area contributed by atoms with E-state index in [0.717, 1.165) is 0 Å². The maximum absolute atomic E-state index is 12.3. The predicted octanol–water partition coefficient (Wildman–Crippen LogP) is 3.13. The summed E-state index contributed by atoms with van der Waals surface area (Å²) in [5.74, 6) is -0.535. The van der Waals surface area contributed by atoms with Gasteiger partial charge in [-0.2, -0.15) is 5.26 Å². The average molecular weight is 373 g/mol. The number of nitriles is 1. The SMILES string of the molecule is COC(=O)c1ccc(NC(=O)c2cnc(Nc3cccc(C#N)c3)nc2)cc1. The van der Waals surface area contributed by atoms with Crippen molar-refractivity contribution in [2.24, 2.45) is 0 Å². The van der Waals surface area contributed by atoms with Gasteiger partial charge >= 0.3 is 5.97 Å². The van der Waals surface area contributed by atoms with Crippen molar-refractivity contribution in [1.82, 2.24) is 9.97 Å². The molecule has 0 atom stereocenters. The van der Waals surface area contributed by atoms with Gasteiger partial charge in [-0.15, -0.1) is 0 Å². The molecule has 0 bridgehead atoms. The minimum Gasteiger partial charge on any atom is -0.465 e. The minimum absolute atomic E-state index is 0.272. The van der Waals surface area contributed by atoms with Crippen LogP contribution in [-0.4, -0.2) is 29.0 Å². The lowest BCUT2D eigenvalue weighted by Gasteiger charge is -2.07. The summed E-state index contributed by atoms with van der Waals surface area (Å²) < 4.78 is 4.63. The summed E-state index contributed by atoms with van der Waals surface area (Å²) >= 11 is 0. The van der Waals surface area contributed by atoms with Crippen molar-refractivity contribution in [2.45, 2.75) is 0 Å². The van der Waals surface area contributed by atoms with E-state index in [4.69, 9.17) is 5.26 Å². The molecule has 0 saturated heterocycles. The molecule has 8 nitrogen and oxygen atoms in total. The second-order valence-electron chi connectivity index (χ2n) is 5.64. The summed E-state index contributed by atoms with van der Waals surface area (Å²) in [6, 6.07) is 15.3. The number of methoxy groups -OCH3 is 1. The van der Waals surface area contributed by atoms with E-state index in [1.165, 1.54) is 19.5 Å². The first-order valence-electron chi connectivity index (χ1n) is 8.18. The Morgan fingerprint density at radius 1 is 1.00 bits per heavy atom. The molecule has 0 saturated carbocycles. The number of ether oxygens (including phenoxy) is 1. The van der Waals surface area contributed by atoms with Crippen LogP contribution in [0, 0.1) is 11.3 Å². The van der Waals surface area contributed by atoms with Crippen LogP contribution >= 0.6 is 0 Å². The standard InChI is InChI=1S/C20H15N5O3/c1-28-19(27)14-5-7-16(8-6-14)24-18(26)15-11-22-20(23-12-15)25-17-4-2-3-13(9-17)10-21/h2-9,11-12H,1H3,(H,24,26)(H,22,23,25). The Labute approximate surface area is 160 Å². The van der Waals surface area contributed by atoms with E-state index >= 15 is 0 Å². The average Bonchev–Trinajstić information content (AvgIpc) is 2.74. The van der Waals surface area contributed by atoms with Crippen LogP contribution in [0.4, 0.5) is 17.3 Å². The van der Waals surface area contributed by atoms with E-state index in [9.17, 15) is 9.59 Å². The number of esters is 1. The monoisotopic (exact) mass is 373 g/mol. The van der Waals surface area contributed by atoms with Crippen LogP contribution in [-0.2, 0) is 4.74 Å². The smallest absolute Gasteiger partial charge is 0.337 e. The highest BCUT2D eigenvalue weighted by molar-refractivity contribution is 6.04. The van der Waals surface area contributed by atoms with Crippen molar-refractivity contribution >= 4 is 29.2 Å². The second-order valence-corrected chi connectivity index (χ2v) is 5.64. The lowest BCUT2D eigenvalue weighted by atomic mass is 10.2. The third-order valence-electron chi connectivity index (χ3n) is 3.73. The molecule has 0 radical (unpaired) electrons. The molecule has 0 spiro atoms. The van der Waals surface area contributed by atoms with Crippen LogP contribution in [0.5, 0.6) is 0 Å². The first-order valence-corrected chi connectivity index (χ1v) is 8.18. The number of carbonyl (C=O) groups is 2. The summed E-state index contributed by atoms with van der Waals surface area (Å²) in [4.78, 5) is 31.9. The van der Waals surface area contributed by atoms with Gasteiger partial charge < -0.3 is 15.4 Å². The molecular weight excluding hydrogens is 358 g/mol. The molecule has 28 heavy (non-hydrogen) atoms. The highest BCUT2D eigenvalue weighted by Gasteiger charge is 2.10. The fourth-order valence-electron chi connectivity index (χ4n) is 2.32. The molecule has 1 aromatic heterocycles. The molecule has 3 aromatic rings. The summed E-state index contributed by atoms with van der Waals surface area (Å²) in [5, 5.41) is 14.6. The van der Waals surface area contributed by atoms with Gasteiger partial charge in [-0.3, -0.25) is 4.79 Å². The van der Waals surface area contributed by atoms with Crippen LogP contribution < -0.4 is 10.6 Å². The third-order valence-corrected chi connectivity index (χ3v) is 3.73. The van der Waals surface area contributed by atoms with Crippen molar-refractivity contribution in [3.05, 3.63) is 77.6 Å². The molecule has 0 fully saturated rings. The molecule has 0 aliphatic rings. The normalized spacial score (nSPS) is 9.86. The lowest BCUT2D eigenvalue weighted by molar-refractivity contribution is 0.0600. The number of hydrogen-bond acceptors (Lipinski definition) is 7. The van der Waals surface area contributed by atoms with Crippen molar-refractivity contribution < 1.29 is 14.3 Å². The quantitative estimate of drug-likeness (QED) is 0.660. The summed E-state index contributed by atoms with van der Waals surface area (Å²) in [6.07, 6.45) is 2.78. The number of rotatable bonds is 5. The van der Waals surface area contributed by atoms with Gasteiger partial charge in [0.25, 0.3) is 5.91 Å². The molecule has 138 valence electrons. The zero-order valence-electron chi connectivity index (χ0n) is 14.8. The Hall–Kier alpha value is -4.25. The van der Waals surface area contributed by atoms with E-state index in [1.807, 2.05) is 0 Å². The van der Waals surface area contributed by atoms with E-state index in [-0.39, 0.29) is 11.5 Å². The number of amides is 1. The molecular formula is C20H15N5O3. The highest BCUT2D eigenvalue weighted by Crippen LogP contribution is 2.15. The van der Waals surface area contributed by atoms with E-state index < -0.39 is 5.97 Å². The van der Waals surface area contributed by atoms with Crippen LogP contribution in [0.3, 0.4) is 0 Å². The van der Waals surface area contributed by atoms with Crippen molar-refractivity contribution in [3.63, 3.8) is 0 Å². The first kappa shape index (κ1) is 18.5. The summed E-state index contributed by atoms with van der Waals surface area (Å²) in [6.45, 7) is 0. The topological polar surface area (TPSA) is 117 Å². The number of benzene rings is 2. The van der Waals surface area contributed by atoms with Crippen LogP contribution in [0.2, 0.25) is 0 Å². The Balaban J connectivity index is 1.65. The van der Waals surface area contributed by atoms with Crippen LogP contribution in [0.15, 0.2) is 60.9 Å². The van der Waals surface area contributed by atoms with E-state index in [0.29, 0.717) is 28.5 Å². The van der Waals surface area contributed by atoms with Gasteiger partial charge in [0.05, 0.1) is 29.9 Å². The van der Waals surface area contributed by atoms with Gasteiger partial charge in [-0.05, 0) is 42.5 Å². The lowest BCUT2D eigenvalue weighted by Crippen LogP contribution is -2.13. The predicted molar refractivity (Wildman–Crippen MR) is 102 cm³/mol. The minimum atomic E-state index is -0.449. The molecule has 2 aromatic carbocycles. The molecule has 3 rings (SSSR count). The number of nitrogens with zero attached hydrogens (tertiary/aromatic N) is 3. The number of carbonyl (C=O) groups excluding carboxylic acids is 2. The summed E-state index contributed by atoms with van der Waals surface area (Å²) in [5.41, 5.74) is 2.36. The maximum Gasteiger partial charge on any atom is 0.337 e. The van der Waals surface area contributed by atoms with Gasteiger partial charge in [-0.1, -0.05) is 6.07 Å². The van der Waals surface area contributed by atoms with E-state index in [2.05, 4.69) is 31.4 Å². The number of hydrogen-bond donors (Lipinski definition) is 2. The Morgan fingerprint density at radius 2 is 1.71 bits per heavy atom. The highest BCUT2D eigenvalue weighted by atomic mass is 16.5. The molecule has 0 aliphatic heterocycles. The van der Waals surface area contributed by atoms with Gasteiger partial charge in [0.1, 0.15) is 0 Å². The fraction of sp³-hybridized carbons (Fsp3) is 0.0500. The van der Waals surface area contributed by atoms with E-state index in [1.54, 1.807) is 48.5 Å². The Kier molecular flexibility index (Phi) is 5.58. The van der Waals surface area contributed by atoms with Gasteiger partial charge in [-0.25, -0.2) is 14.8 Å². The zero-order chi connectivity index (χ0) is 19.9. The Morgan fingerprint density at radius 3 is 2.36 bits per heavy atom. The third kappa shape index (κ3) is 4.47. The Bertz CT molecular complexity index is 1040. The molecule has 1 heterocycles. The number of aromatic nitrogens is 2. The maximum atomic E-state index is 12.3. The van der Waals surface area contributed by atoms with Crippen LogP contribution in [0.1, 0.15) is 26.3 Å². The van der Waals surface area contributed by atoms with Gasteiger partial charge in [0.2, 0.25) is 5.95 Å². The number of nitrogens with one attached hydrogen (secondary N) is 2. The zero-order valence-corrected chi connectivity index (χ0v) is 14.8. The van der Waals surface area contributed by atoms with Crippen LogP contribution in [0.25, 0.3) is 0 Å². The largest absolute Gasteiger partial charge is 0.465 e. The summed E-state index contributed by atoms with van der Waals surface area (Å²) in [7, 11) is 1.30.